The maximum Gasteiger partial charge on any atom is 0.347 e. The largest absolute Gasteiger partial charge is 0.470 e. The highest BCUT2D eigenvalue weighted by Crippen LogP contribution is 2.20. The Morgan fingerprint density at radius 1 is 1.07 bits per heavy atom. The minimum absolute atomic E-state index is 0.00656. The van der Waals surface area contributed by atoms with Crippen molar-refractivity contribution in [2.45, 2.75) is 6.54 Å². The van der Waals surface area contributed by atoms with Gasteiger partial charge in [-0.3, -0.25) is 9.59 Å². The van der Waals surface area contributed by atoms with Crippen LogP contribution in [0.1, 0.15) is 5.56 Å². The van der Waals surface area contributed by atoms with Crippen LogP contribution in [0.5, 0.6) is 0 Å². The molecule has 0 atom stereocenters. The molecule has 8 heteroatoms. The number of esters is 1. The average Bonchev–Trinajstić information content (AvgIpc) is 3.06. The molecule has 0 aromatic heterocycles. The van der Waals surface area contributed by atoms with Crippen molar-refractivity contribution in [2.24, 2.45) is 0 Å². The zero-order chi connectivity index (χ0) is 19.9. The Hall–Kier alpha value is -3.68. The highest BCUT2D eigenvalue weighted by Gasteiger charge is 2.32. The molecule has 0 fully saturated rings. The van der Waals surface area contributed by atoms with Crippen LogP contribution in [0, 0.1) is 5.82 Å². The lowest BCUT2D eigenvalue weighted by molar-refractivity contribution is -0.145. The van der Waals surface area contributed by atoms with E-state index in [4.69, 9.17) is 9.47 Å². The van der Waals surface area contributed by atoms with Crippen LogP contribution >= 0.6 is 0 Å². The fourth-order valence-electron chi connectivity index (χ4n) is 2.42. The third-order valence-electron chi connectivity index (χ3n) is 3.83. The van der Waals surface area contributed by atoms with Gasteiger partial charge in [-0.2, -0.15) is 0 Å². The molecule has 0 radical (unpaired) electrons. The lowest BCUT2D eigenvalue weighted by Gasteiger charge is -2.09. The summed E-state index contributed by atoms with van der Waals surface area (Å²) in [6, 6.07) is 14.5. The van der Waals surface area contributed by atoms with Crippen LogP contribution in [-0.2, 0) is 30.4 Å². The second-order valence-electron chi connectivity index (χ2n) is 5.89. The van der Waals surface area contributed by atoms with Gasteiger partial charge in [-0.1, -0.05) is 30.3 Å². The first-order valence-corrected chi connectivity index (χ1v) is 8.43. The van der Waals surface area contributed by atoms with E-state index >= 15 is 0 Å². The number of ether oxygens (including phenoxy) is 2. The van der Waals surface area contributed by atoms with Gasteiger partial charge in [-0.25, -0.2) is 9.18 Å². The molecule has 0 bridgehead atoms. The van der Waals surface area contributed by atoms with Crippen LogP contribution in [0.3, 0.4) is 0 Å². The summed E-state index contributed by atoms with van der Waals surface area (Å²) < 4.78 is 23.0. The topological polar surface area (TPSA) is 93.7 Å². The Balaban J connectivity index is 1.54. The summed E-state index contributed by atoms with van der Waals surface area (Å²) in [6.45, 7) is -0.687. The third-order valence-corrected chi connectivity index (χ3v) is 3.83. The average molecular weight is 384 g/mol. The van der Waals surface area contributed by atoms with E-state index in [1.54, 1.807) is 24.3 Å². The fraction of sp³-hybridized carbons (Fsp3) is 0.150. The minimum Gasteiger partial charge on any atom is -0.470 e. The molecule has 1 amide bonds. The number of halogens is 1. The number of ketones is 1. The van der Waals surface area contributed by atoms with E-state index in [0.717, 1.165) is 0 Å². The highest BCUT2D eigenvalue weighted by molar-refractivity contribution is 6.20. The zero-order valence-corrected chi connectivity index (χ0v) is 14.7. The molecule has 144 valence electrons. The first kappa shape index (κ1) is 19.1. The van der Waals surface area contributed by atoms with Gasteiger partial charge < -0.3 is 20.1 Å². The van der Waals surface area contributed by atoms with Crippen LogP contribution in [0.15, 0.2) is 66.1 Å². The van der Waals surface area contributed by atoms with Crippen LogP contribution in [-0.4, -0.2) is 30.9 Å². The van der Waals surface area contributed by atoms with Gasteiger partial charge in [-0.15, -0.1) is 0 Å². The molecule has 0 spiro atoms. The number of nitrogens with one attached hydrogen (secondary N) is 2. The van der Waals surface area contributed by atoms with Gasteiger partial charge in [-0.05, 0) is 29.8 Å². The second-order valence-corrected chi connectivity index (χ2v) is 5.89. The van der Waals surface area contributed by atoms with Crippen molar-refractivity contribution in [3.05, 3.63) is 77.4 Å². The first-order valence-electron chi connectivity index (χ1n) is 8.43. The summed E-state index contributed by atoms with van der Waals surface area (Å²) in [7, 11) is 0. The van der Waals surface area contributed by atoms with E-state index in [-0.39, 0.29) is 30.4 Å². The van der Waals surface area contributed by atoms with Crippen LogP contribution in [0.2, 0.25) is 0 Å². The number of rotatable bonds is 7. The third kappa shape index (κ3) is 4.94. The SMILES string of the molecule is O=C(COC(=O)C1=C(Nc2ccccc2)OCC1=O)NCc1ccc(F)cc1. The van der Waals surface area contributed by atoms with E-state index in [1.807, 2.05) is 6.07 Å². The van der Waals surface area contributed by atoms with Crippen molar-refractivity contribution in [3.63, 3.8) is 0 Å². The summed E-state index contributed by atoms with van der Waals surface area (Å²) in [6.07, 6.45) is 0. The first-order chi connectivity index (χ1) is 13.5. The zero-order valence-electron chi connectivity index (χ0n) is 14.7. The van der Waals surface area contributed by atoms with Crippen molar-refractivity contribution in [1.82, 2.24) is 5.32 Å². The Kier molecular flexibility index (Phi) is 6.01. The molecule has 2 aromatic carbocycles. The van der Waals surface area contributed by atoms with Gasteiger partial charge in [0.15, 0.2) is 18.8 Å². The van der Waals surface area contributed by atoms with Crippen LogP contribution in [0.25, 0.3) is 0 Å². The van der Waals surface area contributed by atoms with Crippen LogP contribution < -0.4 is 10.6 Å². The smallest absolute Gasteiger partial charge is 0.347 e. The predicted molar refractivity (Wildman–Crippen MR) is 97.3 cm³/mol. The highest BCUT2D eigenvalue weighted by atomic mass is 19.1. The summed E-state index contributed by atoms with van der Waals surface area (Å²) >= 11 is 0. The quantitative estimate of drug-likeness (QED) is 0.560. The molecule has 28 heavy (non-hydrogen) atoms. The summed E-state index contributed by atoms with van der Waals surface area (Å²) in [4.78, 5) is 36.0. The maximum atomic E-state index is 12.9. The monoisotopic (exact) mass is 384 g/mol. The number of anilines is 1. The standard InChI is InChI=1S/C20H17FN2O5/c21-14-8-6-13(7-9-14)10-22-17(25)12-28-20(26)18-16(24)11-27-19(18)23-15-4-2-1-3-5-15/h1-9,23H,10-12H2,(H,22,25). The molecule has 3 rings (SSSR count). The van der Waals surface area contributed by atoms with E-state index in [1.165, 1.54) is 24.3 Å². The van der Waals surface area contributed by atoms with Gasteiger partial charge in [0.1, 0.15) is 5.82 Å². The van der Waals surface area contributed by atoms with Gasteiger partial charge in [0, 0.05) is 12.2 Å². The van der Waals surface area contributed by atoms with Gasteiger partial charge >= 0.3 is 5.97 Å². The Labute approximate surface area is 160 Å². The number of carbonyl (C=O) groups is 3. The van der Waals surface area contributed by atoms with Crippen molar-refractivity contribution in [3.8, 4) is 0 Å². The van der Waals surface area contributed by atoms with Crippen molar-refractivity contribution in [2.75, 3.05) is 18.5 Å². The van der Waals surface area contributed by atoms with Crippen molar-refractivity contribution >= 4 is 23.3 Å². The van der Waals surface area contributed by atoms with E-state index in [2.05, 4.69) is 10.6 Å². The Bertz CT molecular complexity index is 910. The Morgan fingerprint density at radius 3 is 2.50 bits per heavy atom. The van der Waals surface area contributed by atoms with E-state index in [0.29, 0.717) is 11.3 Å². The lowest BCUT2D eigenvalue weighted by Crippen LogP contribution is -2.29. The minimum atomic E-state index is -0.946. The summed E-state index contributed by atoms with van der Waals surface area (Å²) in [5.74, 6) is -2.41. The molecule has 2 aromatic rings. The number of carbonyl (C=O) groups excluding carboxylic acids is 3. The molecule has 0 saturated heterocycles. The summed E-state index contributed by atoms with van der Waals surface area (Å²) in [5, 5.41) is 5.39. The van der Waals surface area contributed by atoms with Gasteiger partial charge in [0.2, 0.25) is 11.7 Å². The number of amides is 1. The number of Topliss-reactive ketones (excluding diaryl/α,β-unsaturated/α-hetero) is 1. The normalized spacial score (nSPS) is 13.1. The van der Waals surface area contributed by atoms with E-state index < -0.39 is 24.3 Å². The molecular weight excluding hydrogens is 367 g/mol. The predicted octanol–water partition coefficient (Wildman–Crippen LogP) is 1.91. The lowest BCUT2D eigenvalue weighted by atomic mass is 10.2. The molecule has 0 aliphatic carbocycles. The molecule has 7 nitrogen and oxygen atoms in total. The number of hydrogen-bond donors (Lipinski definition) is 2. The second kappa shape index (κ2) is 8.81. The summed E-state index contributed by atoms with van der Waals surface area (Å²) in [5.41, 5.74) is 1.06. The fourth-order valence-corrected chi connectivity index (χ4v) is 2.42. The van der Waals surface area contributed by atoms with Crippen LogP contribution in [0.4, 0.5) is 10.1 Å². The number of benzene rings is 2. The van der Waals surface area contributed by atoms with Gasteiger partial charge in [0.25, 0.3) is 5.91 Å². The maximum absolute atomic E-state index is 12.9. The molecule has 0 unspecified atom stereocenters. The molecular formula is C20H17FN2O5. The van der Waals surface area contributed by atoms with Crippen molar-refractivity contribution < 1.29 is 28.2 Å². The van der Waals surface area contributed by atoms with E-state index in [9.17, 15) is 18.8 Å². The van der Waals surface area contributed by atoms with Crippen molar-refractivity contribution in [1.29, 1.82) is 0 Å². The molecule has 0 saturated carbocycles. The Morgan fingerprint density at radius 2 is 1.79 bits per heavy atom. The number of hydrogen-bond acceptors (Lipinski definition) is 6. The molecule has 1 aliphatic rings. The molecule has 1 heterocycles. The number of para-hydroxylation sites is 1. The molecule has 2 N–H and O–H groups in total. The van der Waals surface area contributed by atoms with Gasteiger partial charge in [0.05, 0.1) is 0 Å². The molecule has 1 aliphatic heterocycles.